The Bertz CT molecular complexity index is 430. The van der Waals surface area contributed by atoms with Crippen LogP contribution >= 0.6 is 0 Å². The molecule has 1 heterocycles. The summed E-state index contributed by atoms with van der Waals surface area (Å²) in [4.78, 5) is 13.5. The van der Waals surface area contributed by atoms with Crippen LogP contribution in [0.1, 0.15) is 25.0 Å². The Labute approximate surface area is 103 Å². The number of nitrogens with two attached hydrogens (primary N) is 1. The number of quaternary nitrogens is 1. The zero-order valence-electron chi connectivity index (χ0n) is 10.9. The smallest absolute Gasteiger partial charge is 0.282 e. The van der Waals surface area contributed by atoms with Crippen molar-refractivity contribution in [3.8, 4) is 0 Å². The minimum atomic E-state index is -0.122. The van der Waals surface area contributed by atoms with Crippen molar-refractivity contribution in [3.05, 3.63) is 35.4 Å². The number of hydrogen-bond donors (Lipinski definition) is 1. The summed E-state index contributed by atoms with van der Waals surface area (Å²) in [6, 6.07) is 8.65. The van der Waals surface area contributed by atoms with Gasteiger partial charge in [-0.3, -0.25) is 9.69 Å². The average molecular weight is 233 g/mol. The van der Waals surface area contributed by atoms with Gasteiger partial charge in [0.2, 0.25) is 0 Å². The highest BCUT2D eigenvalue weighted by Gasteiger charge is 2.42. The third-order valence-corrected chi connectivity index (χ3v) is 3.82. The van der Waals surface area contributed by atoms with Crippen LogP contribution in [-0.2, 0) is 17.6 Å². The molecule has 92 valence electrons. The molecule has 0 aromatic heterocycles. The van der Waals surface area contributed by atoms with Crippen molar-refractivity contribution in [2.45, 2.75) is 32.4 Å². The normalized spacial score (nSPS) is 24.4. The summed E-state index contributed by atoms with van der Waals surface area (Å²) in [7, 11) is 1.90. The monoisotopic (exact) mass is 233 g/mol. The van der Waals surface area contributed by atoms with Gasteiger partial charge >= 0.3 is 0 Å². The maximum Gasteiger partial charge on any atom is 0.282 e. The van der Waals surface area contributed by atoms with Gasteiger partial charge in [0.15, 0.2) is 12.2 Å². The van der Waals surface area contributed by atoms with E-state index in [1.807, 2.05) is 11.9 Å². The summed E-state index contributed by atoms with van der Waals surface area (Å²) in [6.07, 6.45) is 1.96. The molecule has 1 amide bonds. The molecule has 3 heteroatoms. The number of amides is 1. The number of hydrogen-bond acceptors (Lipinski definition) is 1. The van der Waals surface area contributed by atoms with E-state index < -0.39 is 0 Å². The lowest BCUT2D eigenvalue weighted by Gasteiger charge is -2.28. The van der Waals surface area contributed by atoms with Crippen molar-refractivity contribution >= 4 is 5.91 Å². The fraction of sp³-hybridized carbons (Fsp3) is 0.500. The first kappa shape index (κ1) is 12.1. The zero-order chi connectivity index (χ0) is 12.5. The number of nitrogens with zero attached hydrogens (tertiary/aromatic N) is 1. The van der Waals surface area contributed by atoms with Crippen LogP contribution in [0, 0.1) is 0 Å². The molecule has 1 aliphatic heterocycles. The maximum absolute atomic E-state index is 11.6. The molecule has 1 saturated heterocycles. The minimum Gasteiger partial charge on any atom is -0.316 e. The van der Waals surface area contributed by atoms with Crippen LogP contribution < -0.4 is 5.32 Å². The lowest BCUT2D eigenvalue weighted by Crippen LogP contribution is -2.95. The number of aryl methyl sites for hydroxylation is 1. The van der Waals surface area contributed by atoms with Crippen molar-refractivity contribution in [2.24, 2.45) is 0 Å². The molecule has 17 heavy (non-hydrogen) atoms. The Hall–Kier alpha value is -1.35. The van der Waals surface area contributed by atoms with Crippen molar-refractivity contribution in [1.82, 2.24) is 4.90 Å². The van der Waals surface area contributed by atoms with E-state index in [0.717, 1.165) is 12.8 Å². The molecule has 1 fully saturated rings. The molecule has 1 aliphatic rings. The second-order valence-corrected chi connectivity index (χ2v) is 5.07. The first-order chi connectivity index (χ1) is 8.05. The molecule has 3 nitrogen and oxygen atoms in total. The van der Waals surface area contributed by atoms with E-state index in [4.69, 9.17) is 0 Å². The van der Waals surface area contributed by atoms with Gasteiger partial charge in [-0.15, -0.1) is 0 Å². The van der Waals surface area contributed by atoms with E-state index in [0.29, 0.717) is 6.54 Å². The van der Waals surface area contributed by atoms with E-state index in [1.165, 1.54) is 11.1 Å². The molecule has 1 aromatic rings. The van der Waals surface area contributed by atoms with E-state index in [-0.39, 0.29) is 11.6 Å². The number of benzene rings is 1. The van der Waals surface area contributed by atoms with Gasteiger partial charge in [-0.1, -0.05) is 31.2 Å². The SMILES string of the molecule is CCc1cccc(C[C@@]2(C)[NH2+]CC(=O)N2C)c1. The molecule has 0 aliphatic carbocycles. The summed E-state index contributed by atoms with van der Waals surface area (Å²) in [5.41, 5.74) is 2.55. The van der Waals surface area contributed by atoms with Crippen LogP contribution in [0.3, 0.4) is 0 Å². The third-order valence-electron chi connectivity index (χ3n) is 3.82. The van der Waals surface area contributed by atoms with Crippen molar-refractivity contribution in [3.63, 3.8) is 0 Å². The minimum absolute atomic E-state index is 0.122. The Morgan fingerprint density at radius 3 is 2.71 bits per heavy atom. The standard InChI is InChI=1S/C14H20N2O/c1-4-11-6-5-7-12(8-11)9-14(2)15-10-13(17)16(14)3/h5-8,15H,4,9-10H2,1-3H3/p+1/t14-/m0/s1. The van der Waals surface area contributed by atoms with Crippen molar-refractivity contribution in [2.75, 3.05) is 13.6 Å². The van der Waals surface area contributed by atoms with Crippen molar-refractivity contribution in [1.29, 1.82) is 0 Å². The molecule has 1 atom stereocenters. The summed E-state index contributed by atoms with van der Waals surface area (Å²) >= 11 is 0. The maximum atomic E-state index is 11.6. The summed E-state index contributed by atoms with van der Waals surface area (Å²) in [5.74, 6) is 0.221. The van der Waals surface area contributed by atoms with Gasteiger partial charge in [0, 0.05) is 20.4 Å². The summed E-state index contributed by atoms with van der Waals surface area (Å²) in [5, 5.41) is 2.13. The first-order valence-electron chi connectivity index (χ1n) is 6.24. The van der Waals surface area contributed by atoms with Crippen LogP contribution in [0.4, 0.5) is 0 Å². The van der Waals surface area contributed by atoms with Crippen LogP contribution in [0.15, 0.2) is 24.3 Å². The predicted molar refractivity (Wildman–Crippen MR) is 67.5 cm³/mol. The predicted octanol–water partition coefficient (Wildman–Crippen LogP) is 0.543. The molecule has 0 bridgehead atoms. The van der Waals surface area contributed by atoms with Crippen LogP contribution in [0.25, 0.3) is 0 Å². The Morgan fingerprint density at radius 2 is 2.12 bits per heavy atom. The molecule has 0 saturated carbocycles. The second kappa shape index (κ2) is 4.49. The number of likely N-dealkylation sites (N-methyl/N-ethyl adjacent to an activating group) is 1. The highest BCUT2D eigenvalue weighted by atomic mass is 16.2. The second-order valence-electron chi connectivity index (χ2n) is 5.07. The molecule has 2 rings (SSSR count). The van der Waals surface area contributed by atoms with Gasteiger partial charge in [0.25, 0.3) is 5.91 Å². The summed E-state index contributed by atoms with van der Waals surface area (Å²) < 4.78 is 0. The van der Waals surface area contributed by atoms with E-state index in [2.05, 4.69) is 43.4 Å². The quantitative estimate of drug-likeness (QED) is 0.813. The topological polar surface area (TPSA) is 36.9 Å². The Balaban J connectivity index is 2.17. The average Bonchev–Trinajstić information content (AvgIpc) is 2.58. The summed E-state index contributed by atoms with van der Waals surface area (Å²) in [6.45, 7) is 4.87. The lowest BCUT2D eigenvalue weighted by atomic mass is 9.99. The van der Waals surface area contributed by atoms with Gasteiger partial charge in [-0.25, -0.2) is 0 Å². The molecular formula is C14H21N2O+. The van der Waals surface area contributed by atoms with Crippen LogP contribution in [-0.4, -0.2) is 30.1 Å². The molecule has 1 aromatic carbocycles. The number of rotatable bonds is 3. The number of carbonyl (C=O) groups is 1. The fourth-order valence-electron chi connectivity index (χ4n) is 2.43. The lowest BCUT2D eigenvalue weighted by molar-refractivity contribution is -0.715. The van der Waals surface area contributed by atoms with Gasteiger partial charge in [0.1, 0.15) is 0 Å². The molecule has 0 unspecified atom stereocenters. The van der Waals surface area contributed by atoms with E-state index in [9.17, 15) is 4.79 Å². The molecule has 2 N–H and O–H groups in total. The van der Waals surface area contributed by atoms with E-state index in [1.54, 1.807) is 0 Å². The largest absolute Gasteiger partial charge is 0.316 e. The highest BCUT2D eigenvalue weighted by Crippen LogP contribution is 2.17. The fourth-order valence-corrected chi connectivity index (χ4v) is 2.43. The Kier molecular flexibility index (Phi) is 3.20. The molecule has 0 spiro atoms. The zero-order valence-corrected chi connectivity index (χ0v) is 10.9. The van der Waals surface area contributed by atoms with Gasteiger partial charge in [-0.2, -0.15) is 0 Å². The van der Waals surface area contributed by atoms with Gasteiger partial charge < -0.3 is 5.32 Å². The van der Waals surface area contributed by atoms with Crippen LogP contribution in [0.2, 0.25) is 0 Å². The van der Waals surface area contributed by atoms with E-state index >= 15 is 0 Å². The Morgan fingerprint density at radius 1 is 1.41 bits per heavy atom. The molecular weight excluding hydrogens is 212 g/mol. The number of carbonyl (C=O) groups excluding carboxylic acids is 1. The van der Waals surface area contributed by atoms with Gasteiger partial charge in [0.05, 0.1) is 0 Å². The molecule has 0 radical (unpaired) electrons. The van der Waals surface area contributed by atoms with Gasteiger partial charge in [-0.05, 0) is 17.5 Å². The first-order valence-corrected chi connectivity index (χ1v) is 6.24. The highest BCUT2D eigenvalue weighted by molar-refractivity contribution is 5.78. The van der Waals surface area contributed by atoms with Crippen molar-refractivity contribution < 1.29 is 10.1 Å². The third kappa shape index (κ3) is 2.34. The van der Waals surface area contributed by atoms with Crippen LogP contribution in [0.5, 0.6) is 0 Å².